The monoisotopic (exact) mass is 415 g/mol. The molecule has 1 aliphatic rings. The van der Waals surface area contributed by atoms with Crippen molar-refractivity contribution in [3.63, 3.8) is 0 Å². The molecule has 1 aliphatic heterocycles. The fraction of sp³-hybridized carbons (Fsp3) is 0.316. The smallest absolute Gasteiger partial charge is 0.379 e. The van der Waals surface area contributed by atoms with Crippen LogP contribution in [0.4, 0.5) is 13.2 Å². The first kappa shape index (κ1) is 18.7. The molecule has 5 rings (SSSR count). The molecule has 4 heterocycles. The summed E-state index contributed by atoms with van der Waals surface area (Å²) < 4.78 is 46.6. The SMILES string of the molecule is Cn1cnnc1CC1(c2cccc(-c3n[nH]c4cnc(C(F)(F)F)nc34)c2)COC1. The summed E-state index contributed by atoms with van der Waals surface area (Å²) in [4.78, 5) is 7.08. The molecule has 0 atom stereocenters. The van der Waals surface area contributed by atoms with E-state index in [-0.39, 0.29) is 10.9 Å². The zero-order valence-electron chi connectivity index (χ0n) is 15.8. The number of benzene rings is 1. The molecule has 1 fully saturated rings. The lowest BCUT2D eigenvalue weighted by Crippen LogP contribution is -2.49. The van der Waals surface area contributed by atoms with Gasteiger partial charge in [0.2, 0.25) is 5.82 Å². The molecule has 1 saturated heterocycles. The molecule has 8 nitrogen and oxygen atoms in total. The highest BCUT2D eigenvalue weighted by molar-refractivity contribution is 5.89. The molecule has 30 heavy (non-hydrogen) atoms. The van der Waals surface area contributed by atoms with Gasteiger partial charge in [-0.05, 0) is 11.6 Å². The highest BCUT2D eigenvalue weighted by Gasteiger charge is 2.42. The number of fused-ring (bicyclic) bond motifs is 1. The van der Waals surface area contributed by atoms with Crippen LogP contribution in [0.1, 0.15) is 17.2 Å². The van der Waals surface area contributed by atoms with E-state index in [4.69, 9.17) is 4.74 Å². The number of aryl methyl sites for hydroxylation is 1. The number of nitrogens with zero attached hydrogens (tertiary/aromatic N) is 6. The summed E-state index contributed by atoms with van der Waals surface area (Å²) in [6, 6.07) is 7.55. The normalized spacial score (nSPS) is 16.0. The van der Waals surface area contributed by atoms with E-state index in [2.05, 4.69) is 30.4 Å². The van der Waals surface area contributed by atoms with E-state index in [1.54, 1.807) is 12.4 Å². The van der Waals surface area contributed by atoms with Crippen LogP contribution in [0.5, 0.6) is 0 Å². The first-order valence-electron chi connectivity index (χ1n) is 9.16. The molecule has 0 spiro atoms. The Balaban J connectivity index is 1.56. The van der Waals surface area contributed by atoms with E-state index in [1.165, 1.54) is 0 Å². The molecule has 1 aromatic carbocycles. The Labute approximate surface area is 168 Å². The van der Waals surface area contributed by atoms with E-state index < -0.39 is 12.0 Å². The van der Waals surface area contributed by atoms with Crippen LogP contribution >= 0.6 is 0 Å². The number of rotatable bonds is 4. The van der Waals surface area contributed by atoms with E-state index in [9.17, 15) is 13.2 Å². The number of aromatic nitrogens is 7. The zero-order valence-corrected chi connectivity index (χ0v) is 15.8. The molecule has 0 bridgehead atoms. The van der Waals surface area contributed by atoms with Crippen LogP contribution in [0.15, 0.2) is 36.8 Å². The molecule has 0 radical (unpaired) electrons. The third kappa shape index (κ3) is 3.02. The number of ether oxygens (including phenoxy) is 1. The summed E-state index contributed by atoms with van der Waals surface area (Å²) in [5, 5.41) is 15.0. The Morgan fingerprint density at radius 2 is 2.10 bits per heavy atom. The second-order valence-electron chi connectivity index (χ2n) is 7.41. The van der Waals surface area contributed by atoms with Gasteiger partial charge in [0, 0.05) is 24.4 Å². The van der Waals surface area contributed by atoms with Gasteiger partial charge in [-0.2, -0.15) is 18.3 Å². The predicted octanol–water partition coefficient (Wildman–Crippen LogP) is 2.68. The van der Waals surface area contributed by atoms with Crippen molar-refractivity contribution < 1.29 is 17.9 Å². The second-order valence-corrected chi connectivity index (χ2v) is 7.41. The van der Waals surface area contributed by atoms with Crippen molar-refractivity contribution in [3.05, 3.63) is 54.0 Å². The highest BCUT2D eigenvalue weighted by atomic mass is 19.4. The third-order valence-electron chi connectivity index (χ3n) is 5.36. The van der Waals surface area contributed by atoms with Gasteiger partial charge in [0.1, 0.15) is 28.9 Å². The van der Waals surface area contributed by atoms with E-state index >= 15 is 0 Å². The Morgan fingerprint density at radius 3 is 2.77 bits per heavy atom. The molecule has 154 valence electrons. The Hall–Kier alpha value is -3.34. The molecule has 11 heteroatoms. The maximum Gasteiger partial charge on any atom is 0.451 e. The average molecular weight is 415 g/mol. The van der Waals surface area contributed by atoms with Crippen molar-refractivity contribution in [1.29, 1.82) is 0 Å². The van der Waals surface area contributed by atoms with Gasteiger partial charge in [-0.25, -0.2) is 9.97 Å². The van der Waals surface area contributed by atoms with Crippen molar-refractivity contribution in [2.24, 2.45) is 7.05 Å². The summed E-state index contributed by atoms with van der Waals surface area (Å²) >= 11 is 0. The molecule has 0 unspecified atom stereocenters. The van der Waals surface area contributed by atoms with Crippen LogP contribution in [0.25, 0.3) is 22.3 Å². The van der Waals surface area contributed by atoms with Crippen molar-refractivity contribution in [2.75, 3.05) is 13.2 Å². The Kier molecular flexibility index (Phi) is 4.10. The van der Waals surface area contributed by atoms with Gasteiger partial charge in [0.05, 0.1) is 19.4 Å². The topological polar surface area (TPSA) is 94.4 Å². The van der Waals surface area contributed by atoms with Gasteiger partial charge in [0.25, 0.3) is 0 Å². The van der Waals surface area contributed by atoms with Crippen LogP contribution in [-0.2, 0) is 29.8 Å². The number of nitrogens with one attached hydrogen (secondary N) is 1. The van der Waals surface area contributed by atoms with Gasteiger partial charge < -0.3 is 9.30 Å². The van der Waals surface area contributed by atoms with Crippen molar-refractivity contribution in [2.45, 2.75) is 18.0 Å². The molecule has 0 saturated carbocycles. The molecule has 4 aromatic rings. The first-order chi connectivity index (χ1) is 14.4. The first-order valence-corrected chi connectivity index (χ1v) is 9.16. The number of H-pyrrole nitrogens is 1. The maximum absolute atomic E-state index is 13.1. The minimum atomic E-state index is -4.63. The second kappa shape index (κ2) is 6.59. The lowest BCUT2D eigenvalue weighted by atomic mass is 9.75. The van der Waals surface area contributed by atoms with Gasteiger partial charge >= 0.3 is 6.18 Å². The Morgan fingerprint density at radius 1 is 1.27 bits per heavy atom. The molecule has 0 amide bonds. The summed E-state index contributed by atoms with van der Waals surface area (Å²) in [6.07, 6.45) is -1.25. The number of aromatic amines is 1. The van der Waals surface area contributed by atoms with Gasteiger partial charge in [-0.1, -0.05) is 18.2 Å². The van der Waals surface area contributed by atoms with Crippen molar-refractivity contribution in [3.8, 4) is 11.3 Å². The predicted molar refractivity (Wildman–Crippen MR) is 99.3 cm³/mol. The number of alkyl halides is 3. The van der Waals surface area contributed by atoms with Crippen LogP contribution in [-0.4, -0.2) is 48.1 Å². The summed E-state index contributed by atoms with van der Waals surface area (Å²) in [5.74, 6) is -0.364. The summed E-state index contributed by atoms with van der Waals surface area (Å²) in [6.45, 7) is 1.04. The van der Waals surface area contributed by atoms with Gasteiger partial charge in [-0.3, -0.25) is 5.10 Å². The number of hydrogen-bond acceptors (Lipinski definition) is 6. The lowest BCUT2D eigenvalue weighted by molar-refractivity contribution is -0.144. The Bertz CT molecular complexity index is 1230. The van der Waals surface area contributed by atoms with E-state index in [0.717, 1.165) is 17.6 Å². The average Bonchev–Trinajstić information content (AvgIpc) is 3.29. The van der Waals surface area contributed by atoms with Crippen LogP contribution in [0.2, 0.25) is 0 Å². The molecule has 1 N–H and O–H groups in total. The minimum Gasteiger partial charge on any atom is -0.379 e. The number of halogens is 3. The van der Waals surface area contributed by atoms with Gasteiger partial charge in [-0.15, -0.1) is 10.2 Å². The van der Waals surface area contributed by atoms with Crippen LogP contribution < -0.4 is 0 Å². The molecule has 0 aliphatic carbocycles. The van der Waals surface area contributed by atoms with Crippen molar-refractivity contribution >= 4 is 11.0 Å². The molecular formula is C19H16F3N7O. The van der Waals surface area contributed by atoms with Crippen LogP contribution in [0, 0.1) is 0 Å². The minimum absolute atomic E-state index is 0.127. The third-order valence-corrected chi connectivity index (χ3v) is 5.36. The molecule has 3 aromatic heterocycles. The zero-order chi connectivity index (χ0) is 20.9. The standard InChI is InChI=1S/C19H16F3N7O/c1-29-10-24-27-14(29)6-18(8-30-9-18)12-4-2-3-11(5-12)15-16-13(26-28-15)7-23-17(25-16)19(20,21)22/h2-5,7,10H,6,8-9H2,1H3,(H,26,28). The van der Waals surface area contributed by atoms with Crippen LogP contribution in [0.3, 0.4) is 0 Å². The summed E-state index contributed by atoms with van der Waals surface area (Å²) in [7, 11) is 1.88. The highest BCUT2D eigenvalue weighted by Crippen LogP contribution is 2.38. The van der Waals surface area contributed by atoms with Crippen molar-refractivity contribution in [1.82, 2.24) is 34.9 Å². The lowest BCUT2D eigenvalue weighted by Gasteiger charge is -2.41. The largest absolute Gasteiger partial charge is 0.451 e. The fourth-order valence-corrected chi connectivity index (χ4v) is 3.64. The van der Waals surface area contributed by atoms with E-state index in [1.807, 2.05) is 29.8 Å². The summed E-state index contributed by atoms with van der Waals surface area (Å²) in [5.41, 5.74) is 2.18. The van der Waals surface area contributed by atoms with Gasteiger partial charge in [0.15, 0.2) is 0 Å². The molecular weight excluding hydrogens is 399 g/mol. The van der Waals surface area contributed by atoms with E-state index in [0.29, 0.717) is 36.4 Å². The fourth-order valence-electron chi connectivity index (χ4n) is 3.64. The quantitative estimate of drug-likeness (QED) is 0.551. The number of hydrogen-bond donors (Lipinski definition) is 1. The maximum atomic E-state index is 13.1.